The summed E-state index contributed by atoms with van der Waals surface area (Å²) < 4.78 is 39.3. The first kappa shape index (κ1) is 65.9. The van der Waals surface area contributed by atoms with Gasteiger partial charge in [0.2, 0.25) is 39.6 Å². The molecule has 0 aromatic heterocycles. The van der Waals surface area contributed by atoms with Gasteiger partial charge in [-0.05, 0) is 107 Å². The number of nitrogens with two attached hydrogens (primary N) is 1. The van der Waals surface area contributed by atoms with Crippen LogP contribution in [0, 0.1) is 17.8 Å². The summed E-state index contributed by atoms with van der Waals surface area (Å²) in [4.78, 5) is 120. The fraction of sp³-hybridized carbons (Fsp3) is 0.526. The molecule has 11 N–H and O–H groups in total. The van der Waals surface area contributed by atoms with E-state index in [0.717, 1.165) is 37.5 Å². The second kappa shape index (κ2) is 31.4. The number of aliphatic carboxylic acids is 1. The van der Waals surface area contributed by atoms with Crippen LogP contribution in [-0.4, -0.2) is 115 Å². The molecule has 23 nitrogen and oxygen atoms in total. The van der Waals surface area contributed by atoms with E-state index in [4.69, 9.17) is 15.2 Å². The number of ketones is 2. The number of ether oxygens (including phenoxy) is 2. The summed E-state index contributed by atoms with van der Waals surface area (Å²) >= 11 is 0. The Balaban J connectivity index is 1.46. The first-order valence-corrected chi connectivity index (χ1v) is 28.9. The quantitative estimate of drug-likeness (QED) is 0.0366. The number of amides is 6. The molecule has 1 aliphatic rings. The van der Waals surface area contributed by atoms with Crippen LogP contribution < -0.4 is 46.5 Å². The summed E-state index contributed by atoms with van der Waals surface area (Å²) in [6.07, 6.45) is 3.61. The van der Waals surface area contributed by atoms with Crippen LogP contribution in [0.4, 0.5) is 4.79 Å². The third kappa shape index (κ3) is 20.2. The summed E-state index contributed by atoms with van der Waals surface area (Å²) in [5.74, 6) is -10.9. The van der Waals surface area contributed by atoms with Crippen LogP contribution in [0.3, 0.4) is 0 Å². The minimum atomic E-state index is -3.74. The van der Waals surface area contributed by atoms with Crippen LogP contribution in [0.15, 0.2) is 59.5 Å². The number of primary amides is 1. The maximum Gasteiger partial charge on any atom is 0.412 e. The fourth-order valence-electron chi connectivity index (χ4n) is 9.09. The zero-order chi connectivity index (χ0) is 60.1. The molecule has 1 aliphatic heterocycles. The Bertz CT molecular complexity index is 2840. The number of carboxylic acid groups (broad SMARTS) is 1. The predicted molar refractivity (Wildman–Crippen MR) is 298 cm³/mol. The Morgan fingerprint density at radius 2 is 1.37 bits per heavy atom. The smallest absolute Gasteiger partial charge is 0.412 e. The number of benzene rings is 3. The molecule has 2 bridgehead atoms. The zero-order valence-corrected chi connectivity index (χ0v) is 47.9. The molecule has 7 atom stereocenters. The maximum atomic E-state index is 14.1. The molecule has 1 heterocycles. The van der Waals surface area contributed by atoms with E-state index in [-0.39, 0.29) is 63.7 Å². The number of carboxylic acids is 1. The van der Waals surface area contributed by atoms with Crippen molar-refractivity contribution in [2.75, 3.05) is 19.7 Å². The Kier molecular flexibility index (Phi) is 25.6. The molecule has 0 unspecified atom stereocenters. The van der Waals surface area contributed by atoms with Gasteiger partial charge in [-0.2, -0.15) is 0 Å². The lowest BCUT2D eigenvalue weighted by atomic mass is 9.86. The number of phenols is 2. The molecule has 444 valence electrons. The number of carbonyl (C=O) groups is 9. The predicted octanol–water partition coefficient (Wildman–Crippen LogP) is 5.30. The largest absolute Gasteiger partial charge is 0.507 e. The standard InChI is InChI=1S/C57H79N7O16S/c1-8-10-15-24-79-39-17-19-41(20-18-39)81(77,78)60-23-14-12-11-13-22-59-57(76)80-40-29-44-50(48(68)30-40)43-26-37(16-21-45(43)65)42(55(73)63-35(7)52(70)64-51(44)56(74)75)31-47(67)34(6)62-54(72)38(28-49(58)69)27-46(66)33(5)61-53(71)36(9-2)25-32(3)4/h16-21,26,29-30,32-36,38,42,51,60,65,68H,8-15,22-25,27-28,31H2,1-7H3,(H2,58,69)(H,59,76)(H,61,71)(H,62,72)(H,63,73)(H,64,70)(H,74,75)/t33-,34-,35+,36-,38+,42-,51+/m1/s1. The Hall–Kier alpha value is -7.60. The highest BCUT2D eigenvalue weighted by molar-refractivity contribution is 7.89. The van der Waals surface area contributed by atoms with Gasteiger partial charge in [0.25, 0.3) is 0 Å². The van der Waals surface area contributed by atoms with Gasteiger partial charge in [0, 0.05) is 61.0 Å². The Morgan fingerprint density at radius 1 is 0.728 bits per heavy atom. The van der Waals surface area contributed by atoms with Crippen molar-refractivity contribution in [3.63, 3.8) is 0 Å². The number of fused-ring (bicyclic) bond motifs is 4. The van der Waals surface area contributed by atoms with Gasteiger partial charge in [-0.3, -0.25) is 33.6 Å². The molecule has 3 aromatic carbocycles. The normalized spacial score (nSPS) is 16.8. The van der Waals surface area contributed by atoms with Crippen LogP contribution in [0.2, 0.25) is 0 Å². The van der Waals surface area contributed by atoms with Crippen molar-refractivity contribution in [2.24, 2.45) is 23.5 Å². The molecule has 0 radical (unpaired) electrons. The lowest BCUT2D eigenvalue weighted by Gasteiger charge is -2.26. The van der Waals surface area contributed by atoms with Crippen molar-refractivity contribution in [3.05, 3.63) is 65.7 Å². The maximum absolute atomic E-state index is 14.1. The van der Waals surface area contributed by atoms with Crippen molar-refractivity contribution >= 4 is 63.2 Å². The number of nitrogens with one attached hydrogen (secondary N) is 6. The van der Waals surface area contributed by atoms with Crippen molar-refractivity contribution in [2.45, 2.75) is 160 Å². The SMILES string of the molecule is CCCCCOc1ccc(S(=O)(=O)NCCCCCCNC(=O)Oc2cc(O)c3c(c2)[C@@H](C(=O)O)NC(=O)[C@H](C)NC(=O)[C@H](CC(=O)[C@@H](C)NC(=O)[C@H](CC(N)=O)CC(=O)[C@@H](C)NC(=O)[C@H](CC)CC(C)C)c2ccc(O)c-3c2)cc1. The topological polar surface area (TPSA) is 365 Å². The molecule has 4 rings (SSSR count). The second-order valence-electron chi connectivity index (χ2n) is 20.8. The van der Waals surface area contributed by atoms with Crippen LogP contribution in [0.25, 0.3) is 11.1 Å². The number of sulfonamides is 1. The van der Waals surface area contributed by atoms with Gasteiger partial charge >= 0.3 is 12.1 Å². The molecule has 0 saturated heterocycles. The average Bonchev–Trinajstić information content (AvgIpc) is 3.42. The monoisotopic (exact) mass is 1150 g/mol. The van der Waals surface area contributed by atoms with Gasteiger partial charge in [-0.1, -0.05) is 59.4 Å². The molecular weight excluding hydrogens is 1070 g/mol. The van der Waals surface area contributed by atoms with Gasteiger partial charge in [0.1, 0.15) is 29.0 Å². The molecule has 3 aromatic rings. The van der Waals surface area contributed by atoms with Crippen molar-refractivity contribution in [3.8, 4) is 34.1 Å². The molecule has 0 aliphatic carbocycles. The highest BCUT2D eigenvalue weighted by Crippen LogP contribution is 2.44. The third-order valence-electron chi connectivity index (χ3n) is 13.7. The van der Waals surface area contributed by atoms with E-state index >= 15 is 0 Å². The van der Waals surface area contributed by atoms with Crippen LogP contribution in [0.5, 0.6) is 23.0 Å². The summed E-state index contributed by atoms with van der Waals surface area (Å²) in [6, 6.07) is 6.11. The van der Waals surface area contributed by atoms with Crippen LogP contribution in [0.1, 0.15) is 149 Å². The zero-order valence-electron chi connectivity index (χ0n) is 47.1. The lowest BCUT2D eigenvalue weighted by Crippen LogP contribution is -2.49. The van der Waals surface area contributed by atoms with E-state index in [2.05, 4.69) is 38.2 Å². The molecule has 0 spiro atoms. The van der Waals surface area contributed by atoms with E-state index < -0.39 is 124 Å². The Labute approximate surface area is 472 Å². The number of Topliss-reactive ketones (excluding diaryl/α,β-unsaturated/α-hetero) is 2. The highest BCUT2D eigenvalue weighted by Gasteiger charge is 2.36. The fourth-order valence-corrected chi connectivity index (χ4v) is 10.2. The van der Waals surface area contributed by atoms with E-state index in [0.29, 0.717) is 50.9 Å². The molecule has 0 saturated carbocycles. The van der Waals surface area contributed by atoms with Gasteiger partial charge in [-0.25, -0.2) is 22.7 Å². The molecule has 6 amide bonds. The number of phenolic OH excluding ortho intramolecular Hbond substituents is 2. The van der Waals surface area contributed by atoms with Crippen molar-refractivity contribution in [1.29, 1.82) is 0 Å². The first-order chi connectivity index (χ1) is 38.3. The minimum absolute atomic E-state index is 0.0374. The van der Waals surface area contributed by atoms with Crippen LogP contribution in [-0.2, 0) is 48.4 Å². The van der Waals surface area contributed by atoms with Crippen molar-refractivity contribution < 1.29 is 76.4 Å². The van der Waals surface area contributed by atoms with E-state index in [1.165, 1.54) is 45.0 Å². The van der Waals surface area contributed by atoms with Gasteiger partial charge in [0.05, 0.1) is 35.4 Å². The number of rotatable bonds is 31. The third-order valence-corrected chi connectivity index (χ3v) is 15.2. The molecule has 81 heavy (non-hydrogen) atoms. The first-order valence-electron chi connectivity index (χ1n) is 27.4. The average molecular weight is 1150 g/mol. The minimum Gasteiger partial charge on any atom is -0.507 e. The van der Waals surface area contributed by atoms with Crippen LogP contribution >= 0.6 is 0 Å². The number of hydrogen-bond acceptors (Lipinski definition) is 15. The molecule has 0 fully saturated rings. The van der Waals surface area contributed by atoms with Crippen molar-refractivity contribution in [1.82, 2.24) is 31.3 Å². The molecular formula is C57H79N7O16S. The van der Waals surface area contributed by atoms with E-state index in [9.17, 15) is 66.9 Å². The Morgan fingerprint density at radius 3 is 1.99 bits per heavy atom. The summed E-state index contributed by atoms with van der Waals surface area (Å²) in [7, 11) is -3.74. The second-order valence-corrected chi connectivity index (χ2v) is 22.6. The summed E-state index contributed by atoms with van der Waals surface area (Å²) in [5, 5.41) is 45.9. The number of carbonyl (C=O) groups excluding carboxylic acids is 8. The van der Waals surface area contributed by atoms with Gasteiger partial charge in [-0.15, -0.1) is 0 Å². The van der Waals surface area contributed by atoms with Gasteiger partial charge < -0.3 is 57.1 Å². The van der Waals surface area contributed by atoms with E-state index in [1.54, 1.807) is 12.1 Å². The lowest BCUT2D eigenvalue weighted by molar-refractivity contribution is -0.142. The summed E-state index contributed by atoms with van der Waals surface area (Å²) in [6.45, 7) is 12.7. The highest BCUT2D eigenvalue weighted by atomic mass is 32.2. The summed E-state index contributed by atoms with van der Waals surface area (Å²) in [5.41, 5.74) is 4.53. The molecule has 24 heteroatoms. The van der Waals surface area contributed by atoms with E-state index in [1.807, 2.05) is 20.8 Å². The van der Waals surface area contributed by atoms with Gasteiger partial charge in [0.15, 0.2) is 17.6 Å². The number of unbranched alkanes of at least 4 members (excludes halogenated alkanes) is 5. The number of aromatic hydroxyl groups is 2. The number of hydrogen-bond donors (Lipinski definition) is 10.